The molecule has 1 saturated heterocycles. The summed E-state index contributed by atoms with van der Waals surface area (Å²) in [6.07, 6.45) is 0.552. The maximum absolute atomic E-state index is 12.7. The molecular weight excluding hydrogens is 368 g/mol. The number of nitrogens with one attached hydrogen (secondary N) is 3. The molecule has 152 valence electrons. The number of hydrogen-bond donors (Lipinski definition) is 3. The number of methoxy groups -OCH3 is 2. The van der Waals surface area contributed by atoms with E-state index in [2.05, 4.69) is 58.0 Å². The Kier molecular flexibility index (Phi) is 5.42. The van der Waals surface area contributed by atoms with E-state index in [0.717, 1.165) is 13.0 Å². The zero-order valence-corrected chi connectivity index (χ0v) is 16.9. The van der Waals surface area contributed by atoms with Gasteiger partial charge in [0.15, 0.2) is 0 Å². The second kappa shape index (κ2) is 8.14. The first-order valence-electron chi connectivity index (χ1n) is 9.76. The lowest BCUT2D eigenvalue weighted by Gasteiger charge is -2.14. The molecule has 0 bridgehead atoms. The quantitative estimate of drug-likeness (QED) is 0.599. The molecule has 0 aliphatic carbocycles. The SMILES string of the molecule is CCn1c(C2CC(NC(=O)c3cc(OC)cc(OC)c3)NN2)cc2ccccc21. The van der Waals surface area contributed by atoms with E-state index in [-0.39, 0.29) is 18.1 Å². The summed E-state index contributed by atoms with van der Waals surface area (Å²) in [5.74, 6) is 0.980. The lowest BCUT2D eigenvalue weighted by molar-refractivity contribution is 0.0931. The number of nitrogens with zero attached hydrogens (tertiary/aromatic N) is 1. The van der Waals surface area contributed by atoms with Crippen molar-refractivity contribution < 1.29 is 14.3 Å². The zero-order chi connectivity index (χ0) is 20.4. The third kappa shape index (κ3) is 3.79. The van der Waals surface area contributed by atoms with Crippen molar-refractivity contribution >= 4 is 16.8 Å². The fourth-order valence-corrected chi connectivity index (χ4v) is 3.90. The number of hydrazine groups is 1. The molecule has 0 spiro atoms. The van der Waals surface area contributed by atoms with Crippen molar-refractivity contribution in [2.75, 3.05) is 14.2 Å². The second-order valence-corrected chi connectivity index (χ2v) is 7.08. The number of fused-ring (bicyclic) bond motifs is 1. The van der Waals surface area contributed by atoms with Crippen LogP contribution in [-0.2, 0) is 6.54 Å². The largest absolute Gasteiger partial charge is 0.497 e. The molecule has 1 amide bonds. The van der Waals surface area contributed by atoms with Gasteiger partial charge in [0.2, 0.25) is 0 Å². The Morgan fingerprint density at radius 1 is 1.10 bits per heavy atom. The first kappa shape index (κ1) is 19.3. The average molecular weight is 394 g/mol. The van der Waals surface area contributed by atoms with E-state index >= 15 is 0 Å². The normalized spacial score (nSPS) is 18.7. The van der Waals surface area contributed by atoms with E-state index in [9.17, 15) is 4.79 Å². The highest BCUT2D eigenvalue weighted by Gasteiger charge is 2.29. The summed E-state index contributed by atoms with van der Waals surface area (Å²) in [6, 6.07) is 15.8. The van der Waals surface area contributed by atoms with Gasteiger partial charge < -0.3 is 19.4 Å². The van der Waals surface area contributed by atoms with E-state index in [0.29, 0.717) is 17.1 Å². The van der Waals surface area contributed by atoms with Gasteiger partial charge in [0.25, 0.3) is 5.91 Å². The number of aromatic nitrogens is 1. The maximum atomic E-state index is 12.7. The predicted octanol–water partition coefficient (Wildman–Crippen LogP) is 2.97. The molecular formula is C22H26N4O3. The van der Waals surface area contributed by atoms with Crippen LogP contribution < -0.4 is 25.6 Å². The monoisotopic (exact) mass is 394 g/mol. The summed E-state index contributed by atoms with van der Waals surface area (Å²) >= 11 is 0. The summed E-state index contributed by atoms with van der Waals surface area (Å²) in [6.45, 7) is 3.04. The summed E-state index contributed by atoms with van der Waals surface area (Å²) in [5, 5.41) is 4.26. The average Bonchev–Trinajstić information content (AvgIpc) is 3.37. The number of hydrogen-bond acceptors (Lipinski definition) is 5. The van der Waals surface area contributed by atoms with Crippen molar-refractivity contribution in [3.63, 3.8) is 0 Å². The molecule has 0 radical (unpaired) electrons. The summed E-state index contributed by atoms with van der Waals surface area (Å²) in [4.78, 5) is 12.7. The summed E-state index contributed by atoms with van der Waals surface area (Å²) in [5.41, 5.74) is 9.46. The molecule has 7 nitrogen and oxygen atoms in total. The van der Waals surface area contributed by atoms with E-state index in [1.54, 1.807) is 32.4 Å². The van der Waals surface area contributed by atoms with Crippen molar-refractivity contribution in [2.45, 2.75) is 32.1 Å². The lowest BCUT2D eigenvalue weighted by atomic mass is 10.1. The van der Waals surface area contributed by atoms with Crippen LogP contribution in [0.5, 0.6) is 11.5 Å². The zero-order valence-electron chi connectivity index (χ0n) is 16.9. The molecule has 2 heterocycles. The number of para-hydroxylation sites is 1. The predicted molar refractivity (Wildman–Crippen MR) is 112 cm³/mol. The van der Waals surface area contributed by atoms with E-state index in [1.807, 2.05) is 0 Å². The summed E-state index contributed by atoms with van der Waals surface area (Å²) < 4.78 is 12.8. The third-order valence-corrected chi connectivity index (χ3v) is 5.34. The van der Waals surface area contributed by atoms with Crippen LogP contribution in [0.3, 0.4) is 0 Å². The van der Waals surface area contributed by atoms with Gasteiger partial charge in [-0.3, -0.25) is 4.79 Å². The van der Waals surface area contributed by atoms with Crippen LogP contribution in [0.15, 0.2) is 48.5 Å². The van der Waals surface area contributed by atoms with Crippen LogP contribution >= 0.6 is 0 Å². The van der Waals surface area contributed by atoms with Crippen LogP contribution in [0.1, 0.15) is 35.4 Å². The van der Waals surface area contributed by atoms with Crippen LogP contribution in [0, 0.1) is 0 Å². The van der Waals surface area contributed by atoms with Gasteiger partial charge in [0, 0.05) is 35.8 Å². The van der Waals surface area contributed by atoms with Gasteiger partial charge >= 0.3 is 0 Å². The lowest BCUT2D eigenvalue weighted by Crippen LogP contribution is -2.44. The number of rotatable bonds is 6. The minimum absolute atomic E-state index is 0.104. The Labute approximate surface area is 170 Å². The highest BCUT2D eigenvalue weighted by molar-refractivity contribution is 5.95. The van der Waals surface area contributed by atoms with Gasteiger partial charge in [-0.2, -0.15) is 0 Å². The molecule has 3 N–H and O–H groups in total. The Bertz CT molecular complexity index is 1010. The van der Waals surface area contributed by atoms with Crippen molar-refractivity contribution in [3.8, 4) is 11.5 Å². The molecule has 29 heavy (non-hydrogen) atoms. The fraction of sp³-hybridized carbons (Fsp3) is 0.318. The van der Waals surface area contributed by atoms with Crippen molar-refractivity contribution in [1.82, 2.24) is 20.7 Å². The molecule has 2 atom stereocenters. The highest BCUT2D eigenvalue weighted by atomic mass is 16.5. The molecule has 2 aromatic carbocycles. The molecule has 1 fully saturated rings. The molecule has 4 rings (SSSR count). The standard InChI is InChI=1S/C22H26N4O3/c1-4-26-19-8-6-5-7-14(19)11-20(26)18-13-21(25-24-18)23-22(27)15-9-16(28-2)12-17(10-15)29-3/h5-12,18,21,24-25H,4,13H2,1-3H3,(H,23,27). The van der Waals surface area contributed by atoms with Crippen LogP contribution in [0.2, 0.25) is 0 Å². The molecule has 7 heteroatoms. The molecule has 1 aliphatic rings. The molecule has 1 aliphatic heterocycles. The number of benzene rings is 2. The number of carbonyl (C=O) groups is 1. The second-order valence-electron chi connectivity index (χ2n) is 7.08. The Balaban J connectivity index is 1.49. The molecule has 1 aromatic heterocycles. The first-order chi connectivity index (χ1) is 14.1. The van der Waals surface area contributed by atoms with E-state index in [4.69, 9.17) is 9.47 Å². The van der Waals surface area contributed by atoms with Gasteiger partial charge in [-0.15, -0.1) is 0 Å². The summed E-state index contributed by atoms with van der Waals surface area (Å²) in [7, 11) is 3.13. The molecule has 0 saturated carbocycles. The Morgan fingerprint density at radius 2 is 1.83 bits per heavy atom. The van der Waals surface area contributed by atoms with E-state index < -0.39 is 0 Å². The van der Waals surface area contributed by atoms with Gasteiger partial charge in [-0.25, -0.2) is 10.9 Å². The third-order valence-electron chi connectivity index (χ3n) is 5.34. The number of ether oxygens (including phenoxy) is 2. The van der Waals surface area contributed by atoms with Gasteiger partial charge in [-0.05, 0) is 36.6 Å². The highest BCUT2D eigenvalue weighted by Crippen LogP contribution is 2.29. The minimum atomic E-state index is -0.187. The minimum Gasteiger partial charge on any atom is -0.497 e. The first-order valence-corrected chi connectivity index (χ1v) is 9.76. The van der Waals surface area contributed by atoms with Crippen molar-refractivity contribution in [3.05, 3.63) is 59.8 Å². The van der Waals surface area contributed by atoms with Crippen LogP contribution in [-0.4, -0.2) is 30.9 Å². The van der Waals surface area contributed by atoms with Gasteiger partial charge in [-0.1, -0.05) is 18.2 Å². The van der Waals surface area contributed by atoms with Crippen LogP contribution in [0.25, 0.3) is 10.9 Å². The van der Waals surface area contributed by atoms with E-state index in [1.165, 1.54) is 16.6 Å². The number of aryl methyl sites for hydroxylation is 1. The number of carbonyl (C=O) groups excluding carboxylic acids is 1. The van der Waals surface area contributed by atoms with Crippen molar-refractivity contribution in [1.29, 1.82) is 0 Å². The maximum Gasteiger partial charge on any atom is 0.252 e. The topological polar surface area (TPSA) is 76.6 Å². The Hall–Kier alpha value is -3.03. The van der Waals surface area contributed by atoms with Gasteiger partial charge in [0.1, 0.15) is 11.5 Å². The van der Waals surface area contributed by atoms with Crippen molar-refractivity contribution in [2.24, 2.45) is 0 Å². The fourth-order valence-electron chi connectivity index (χ4n) is 3.90. The molecule has 2 unspecified atom stereocenters. The number of amides is 1. The smallest absolute Gasteiger partial charge is 0.252 e. The Morgan fingerprint density at radius 3 is 2.52 bits per heavy atom. The molecule has 3 aromatic rings. The van der Waals surface area contributed by atoms with Crippen LogP contribution in [0.4, 0.5) is 0 Å². The van der Waals surface area contributed by atoms with Gasteiger partial charge in [0.05, 0.1) is 26.4 Å².